The van der Waals surface area contributed by atoms with Gasteiger partial charge in [-0.3, -0.25) is 4.79 Å². The SMILES string of the molecule is O=C([C@H]1C[C@@H]2CC[C@H]1C2)N1CCN(c2cccc(C(F)(F)F)c2)CC1. The molecule has 136 valence electrons. The van der Waals surface area contributed by atoms with E-state index < -0.39 is 11.7 Å². The summed E-state index contributed by atoms with van der Waals surface area (Å²) in [6, 6.07) is 5.46. The lowest BCUT2D eigenvalue weighted by atomic mass is 9.87. The summed E-state index contributed by atoms with van der Waals surface area (Å²) in [5.41, 5.74) is -0.0349. The first-order valence-electron chi connectivity index (χ1n) is 9.13. The monoisotopic (exact) mass is 352 g/mol. The van der Waals surface area contributed by atoms with Gasteiger partial charge in [0, 0.05) is 37.8 Å². The van der Waals surface area contributed by atoms with Gasteiger partial charge in [-0.25, -0.2) is 0 Å². The molecule has 1 aromatic rings. The lowest BCUT2D eigenvalue weighted by Crippen LogP contribution is -2.51. The standard InChI is InChI=1S/C19H23F3N2O/c20-19(21,22)15-2-1-3-16(12-15)23-6-8-24(9-7-23)18(25)17-11-13-4-5-14(17)10-13/h1-3,12-14,17H,4-11H2/t13-,14+,17+/m1/s1. The maximum atomic E-state index is 12.9. The average molecular weight is 352 g/mol. The highest BCUT2D eigenvalue weighted by Gasteiger charge is 2.44. The molecule has 2 bridgehead atoms. The minimum atomic E-state index is -4.32. The molecule has 25 heavy (non-hydrogen) atoms. The maximum absolute atomic E-state index is 12.9. The maximum Gasteiger partial charge on any atom is 0.416 e. The summed E-state index contributed by atoms with van der Waals surface area (Å²) in [5, 5.41) is 0. The van der Waals surface area contributed by atoms with E-state index in [-0.39, 0.29) is 11.8 Å². The number of carbonyl (C=O) groups excluding carboxylic acids is 1. The summed E-state index contributed by atoms with van der Waals surface area (Å²) in [5.74, 6) is 1.78. The molecule has 3 fully saturated rings. The first-order chi connectivity index (χ1) is 11.9. The molecule has 6 heteroatoms. The molecule has 3 atom stereocenters. The number of hydrogen-bond acceptors (Lipinski definition) is 2. The van der Waals surface area contributed by atoms with Crippen LogP contribution in [0.25, 0.3) is 0 Å². The molecule has 4 rings (SSSR count). The van der Waals surface area contributed by atoms with E-state index in [0.29, 0.717) is 37.8 Å². The number of alkyl halides is 3. The number of fused-ring (bicyclic) bond motifs is 2. The molecule has 1 heterocycles. The van der Waals surface area contributed by atoms with Crippen molar-refractivity contribution in [2.75, 3.05) is 31.1 Å². The van der Waals surface area contributed by atoms with Crippen molar-refractivity contribution in [2.24, 2.45) is 17.8 Å². The summed E-state index contributed by atoms with van der Waals surface area (Å²) in [7, 11) is 0. The van der Waals surface area contributed by atoms with Gasteiger partial charge in [-0.05, 0) is 49.3 Å². The molecule has 0 spiro atoms. The van der Waals surface area contributed by atoms with Gasteiger partial charge in [-0.15, -0.1) is 0 Å². The van der Waals surface area contributed by atoms with Gasteiger partial charge in [0.2, 0.25) is 5.91 Å². The van der Waals surface area contributed by atoms with E-state index in [4.69, 9.17) is 0 Å². The molecule has 0 radical (unpaired) electrons. The van der Waals surface area contributed by atoms with E-state index >= 15 is 0 Å². The summed E-state index contributed by atoms with van der Waals surface area (Å²) in [6.45, 7) is 2.38. The van der Waals surface area contributed by atoms with Crippen molar-refractivity contribution in [2.45, 2.75) is 31.9 Å². The molecule has 1 aliphatic heterocycles. The highest BCUT2D eigenvalue weighted by Crippen LogP contribution is 2.49. The van der Waals surface area contributed by atoms with Crippen LogP contribution in [0.3, 0.4) is 0 Å². The number of hydrogen-bond donors (Lipinski definition) is 0. The average Bonchev–Trinajstić information content (AvgIpc) is 3.24. The Morgan fingerprint density at radius 1 is 1.04 bits per heavy atom. The summed E-state index contributed by atoms with van der Waals surface area (Å²) in [6.07, 6.45) is 0.385. The van der Waals surface area contributed by atoms with Crippen molar-refractivity contribution < 1.29 is 18.0 Å². The van der Waals surface area contributed by atoms with Crippen molar-refractivity contribution in [1.29, 1.82) is 0 Å². The van der Waals surface area contributed by atoms with Crippen molar-refractivity contribution in [3.63, 3.8) is 0 Å². The molecule has 2 saturated carbocycles. The molecule has 0 N–H and O–H groups in total. The minimum Gasteiger partial charge on any atom is -0.368 e. The van der Waals surface area contributed by atoms with Crippen molar-refractivity contribution in [1.82, 2.24) is 4.90 Å². The highest BCUT2D eigenvalue weighted by molar-refractivity contribution is 5.80. The molecule has 3 aliphatic rings. The Morgan fingerprint density at radius 3 is 2.40 bits per heavy atom. The van der Waals surface area contributed by atoms with Crippen LogP contribution < -0.4 is 4.90 Å². The highest BCUT2D eigenvalue weighted by atomic mass is 19.4. The third-order valence-electron chi connectivity index (χ3n) is 6.19. The molecule has 0 aromatic heterocycles. The molecular formula is C19H23F3N2O. The zero-order chi connectivity index (χ0) is 17.6. The Balaban J connectivity index is 1.38. The molecule has 2 aliphatic carbocycles. The van der Waals surface area contributed by atoms with Crippen molar-refractivity contribution in [3.05, 3.63) is 29.8 Å². The normalized spacial score (nSPS) is 29.3. The van der Waals surface area contributed by atoms with Gasteiger partial charge >= 0.3 is 6.18 Å². The lowest BCUT2D eigenvalue weighted by Gasteiger charge is -2.38. The molecule has 1 aromatic carbocycles. The summed E-state index contributed by atoms with van der Waals surface area (Å²) < 4.78 is 38.6. The first-order valence-corrected chi connectivity index (χ1v) is 9.13. The van der Waals surface area contributed by atoms with Gasteiger partial charge in [0.1, 0.15) is 0 Å². The van der Waals surface area contributed by atoms with Crippen molar-refractivity contribution in [3.8, 4) is 0 Å². The third kappa shape index (κ3) is 3.23. The number of anilines is 1. The number of nitrogens with zero attached hydrogens (tertiary/aromatic N) is 2. The van der Waals surface area contributed by atoms with Crippen LogP contribution in [0.1, 0.15) is 31.2 Å². The van der Waals surface area contributed by atoms with E-state index in [2.05, 4.69) is 0 Å². The first kappa shape index (κ1) is 16.7. The van der Waals surface area contributed by atoms with Crippen LogP contribution in [0.4, 0.5) is 18.9 Å². The van der Waals surface area contributed by atoms with Crippen LogP contribution in [0, 0.1) is 17.8 Å². The fourth-order valence-electron chi connectivity index (χ4n) is 4.85. The van der Waals surface area contributed by atoms with Crippen LogP contribution in [0.2, 0.25) is 0 Å². The number of carbonyl (C=O) groups is 1. The Bertz CT molecular complexity index is 652. The van der Waals surface area contributed by atoms with Crippen LogP contribution >= 0.6 is 0 Å². The largest absolute Gasteiger partial charge is 0.416 e. The molecule has 1 saturated heterocycles. The van der Waals surface area contributed by atoms with E-state index in [1.54, 1.807) is 6.07 Å². The second-order valence-electron chi connectivity index (χ2n) is 7.64. The van der Waals surface area contributed by atoms with Crippen LogP contribution in [0.5, 0.6) is 0 Å². The minimum absolute atomic E-state index is 0.193. The number of amides is 1. The van der Waals surface area contributed by atoms with Gasteiger partial charge < -0.3 is 9.80 Å². The van der Waals surface area contributed by atoms with Gasteiger partial charge in [-0.1, -0.05) is 12.5 Å². The fourth-order valence-corrected chi connectivity index (χ4v) is 4.85. The molecule has 0 unspecified atom stereocenters. The van der Waals surface area contributed by atoms with E-state index in [1.807, 2.05) is 9.80 Å². The second kappa shape index (κ2) is 6.22. The predicted molar refractivity (Wildman–Crippen MR) is 89.2 cm³/mol. The van der Waals surface area contributed by atoms with Gasteiger partial charge in [0.15, 0.2) is 0 Å². The second-order valence-corrected chi connectivity index (χ2v) is 7.64. The number of halogens is 3. The zero-order valence-electron chi connectivity index (χ0n) is 14.1. The van der Waals surface area contributed by atoms with Gasteiger partial charge in [0.05, 0.1) is 5.56 Å². The number of rotatable bonds is 2. The van der Waals surface area contributed by atoms with Crippen LogP contribution in [0.15, 0.2) is 24.3 Å². The quantitative estimate of drug-likeness (QED) is 0.808. The smallest absolute Gasteiger partial charge is 0.368 e. The molecule has 3 nitrogen and oxygen atoms in total. The van der Waals surface area contributed by atoms with Gasteiger partial charge in [0.25, 0.3) is 0 Å². The Morgan fingerprint density at radius 2 is 1.80 bits per heavy atom. The third-order valence-corrected chi connectivity index (χ3v) is 6.19. The predicted octanol–water partition coefficient (Wildman–Crippen LogP) is 3.79. The number of piperazine rings is 1. The van der Waals surface area contributed by atoms with E-state index in [1.165, 1.54) is 31.4 Å². The summed E-state index contributed by atoms with van der Waals surface area (Å²) in [4.78, 5) is 16.6. The molecule has 1 amide bonds. The Hall–Kier alpha value is -1.72. The van der Waals surface area contributed by atoms with Crippen LogP contribution in [-0.2, 0) is 11.0 Å². The van der Waals surface area contributed by atoms with E-state index in [0.717, 1.165) is 18.4 Å². The van der Waals surface area contributed by atoms with Crippen molar-refractivity contribution >= 4 is 11.6 Å². The topological polar surface area (TPSA) is 23.6 Å². The Kier molecular flexibility index (Phi) is 4.16. The Labute approximate surface area is 145 Å². The summed E-state index contributed by atoms with van der Waals surface area (Å²) >= 11 is 0. The zero-order valence-corrected chi connectivity index (χ0v) is 14.1. The lowest BCUT2D eigenvalue weighted by molar-refractivity contribution is -0.138. The van der Waals surface area contributed by atoms with Gasteiger partial charge in [-0.2, -0.15) is 13.2 Å². The molecular weight excluding hydrogens is 329 g/mol. The fraction of sp³-hybridized carbons (Fsp3) is 0.632. The van der Waals surface area contributed by atoms with E-state index in [9.17, 15) is 18.0 Å². The number of benzene rings is 1. The van der Waals surface area contributed by atoms with Crippen LogP contribution in [-0.4, -0.2) is 37.0 Å².